The van der Waals surface area contributed by atoms with Crippen molar-refractivity contribution in [2.24, 2.45) is 0 Å². The minimum absolute atomic E-state index is 0.0195. The quantitative estimate of drug-likeness (QED) is 0.821. The Hall–Kier alpha value is -1.88. The maximum absolute atomic E-state index is 12.7. The molecule has 2 aromatic heterocycles. The lowest BCUT2D eigenvalue weighted by Crippen LogP contribution is -2.12. The van der Waals surface area contributed by atoms with Crippen LogP contribution in [0, 0.1) is 5.95 Å². The van der Waals surface area contributed by atoms with E-state index < -0.39 is 11.9 Å². The first-order valence-corrected chi connectivity index (χ1v) is 4.71. The van der Waals surface area contributed by atoms with Gasteiger partial charge in [-0.25, -0.2) is 4.98 Å². The van der Waals surface area contributed by atoms with E-state index in [4.69, 9.17) is 16.0 Å². The molecule has 82 valence electrons. The molecule has 0 atom stereocenters. The number of hydrogen-bond acceptors (Lipinski definition) is 3. The summed E-state index contributed by atoms with van der Waals surface area (Å²) >= 11 is 5.61. The molecule has 4 nitrogen and oxygen atoms in total. The third-order valence-corrected chi connectivity index (χ3v) is 2.11. The molecule has 0 aliphatic rings. The second kappa shape index (κ2) is 4.32. The Morgan fingerprint density at radius 1 is 1.44 bits per heavy atom. The van der Waals surface area contributed by atoms with Crippen molar-refractivity contribution >= 4 is 23.3 Å². The topological polar surface area (TPSA) is 55.1 Å². The molecule has 2 heterocycles. The predicted molar refractivity (Wildman–Crippen MR) is 55.9 cm³/mol. The van der Waals surface area contributed by atoms with Crippen LogP contribution < -0.4 is 5.32 Å². The molecule has 1 N–H and O–H groups in total. The zero-order valence-electron chi connectivity index (χ0n) is 7.91. The van der Waals surface area contributed by atoms with Crippen LogP contribution in [0.25, 0.3) is 0 Å². The van der Waals surface area contributed by atoms with Gasteiger partial charge in [-0.3, -0.25) is 4.79 Å². The molecule has 16 heavy (non-hydrogen) atoms. The van der Waals surface area contributed by atoms with Crippen LogP contribution in [0.3, 0.4) is 0 Å². The summed E-state index contributed by atoms with van der Waals surface area (Å²) in [6.07, 6.45) is 1.29. The van der Waals surface area contributed by atoms with E-state index in [1.807, 2.05) is 0 Å². The number of halogens is 2. The van der Waals surface area contributed by atoms with Gasteiger partial charge in [-0.1, -0.05) is 6.07 Å². The van der Waals surface area contributed by atoms with E-state index in [0.29, 0.717) is 0 Å². The number of hydrogen-bond donors (Lipinski definition) is 1. The summed E-state index contributed by atoms with van der Waals surface area (Å²) in [6, 6.07) is 5.50. The van der Waals surface area contributed by atoms with Crippen LogP contribution in [-0.2, 0) is 0 Å². The summed E-state index contributed by atoms with van der Waals surface area (Å²) in [7, 11) is 0. The third kappa shape index (κ3) is 2.20. The molecule has 0 aromatic carbocycles. The molecule has 0 fully saturated rings. The molecule has 0 radical (unpaired) electrons. The number of anilines is 1. The first kappa shape index (κ1) is 10.6. The van der Waals surface area contributed by atoms with Gasteiger partial charge in [-0.2, -0.15) is 4.39 Å². The van der Waals surface area contributed by atoms with Crippen LogP contribution in [0.5, 0.6) is 0 Å². The largest absolute Gasteiger partial charge is 0.452 e. The Balaban J connectivity index is 2.17. The van der Waals surface area contributed by atoms with E-state index in [1.54, 1.807) is 0 Å². The van der Waals surface area contributed by atoms with Gasteiger partial charge in [-0.15, -0.1) is 0 Å². The number of furan rings is 1. The van der Waals surface area contributed by atoms with E-state index >= 15 is 0 Å². The van der Waals surface area contributed by atoms with Gasteiger partial charge in [0, 0.05) is 0 Å². The molecule has 1 amide bonds. The summed E-state index contributed by atoms with van der Waals surface area (Å²) in [5.41, 5.74) is 0.174. The van der Waals surface area contributed by atoms with Gasteiger partial charge in [0.15, 0.2) is 0 Å². The fraction of sp³-hybridized carbons (Fsp3) is 0. The number of aromatic nitrogens is 1. The number of rotatable bonds is 2. The van der Waals surface area contributed by atoms with Crippen LogP contribution in [0.15, 0.2) is 34.9 Å². The lowest BCUT2D eigenvalue weighted by atomic mass is 10.3. The SMILES string of the molecule is O=C(Nc1cccc(F)n1)c1ccoc1Cl. The van der Waals surface area contributed by atoms with Gasteiger partial charge in [0.2, 0.25) is 11.2 Å². The number of pyridine rings is 1. The van der Waals surface area contributed by atoms with Crippen molar-refractivity contribution in [2.45, 2.75) is 0 Å². The van der Waals surface area contributed by atoms with Crippen molar-refractivity contribution in [3.8, 4) is 0 Å². The average molecular weight is 241 g/mol. The van der Waals surface area contributed by atoms with Crippen LogP contribution in [0.1, 0.15) is 10.4 Å². The minimum Gasteiger partial charge on any atom is -0.452 e. The Labute approximate surface area is 95.0 Å². The molecular weight excluding hydrogens is 235 g/mol. The van der Waals surface area contributed by atoms with Crippen molar-refractivity contribution in [2.75, 3.05) is 5.32 Å². The van der Waals surface area contributed by atoms with E-state index in [2.05, 4.69) is 10.3 Å². The third-order valence-electron chi connectivity index (χ3n) is 1.82. The van der Waals surface area contributed by atoms with Gasteiger partial charge in [0.25, 0.3) is 5.91 Å². The fourth-order valence-electron chi connectivity index (χ4n) is 1.12. The monoisotopic (exact) mass is 240 g/mol. The number of carbonyl (C=O) groups is 1. The summed E-state index contributed by atoms with van der Waals surface area (Å²) in [5, 5.41) is 2.37. The van der Waals surface area contributed by atoms with Gasteiger partial charge in [0.1, 0.15) is 5.82 Å². The average Bonchev–Trinajstić information content (AvgIpc) is 2.64. The highest BCUT2D eigenvalue weighted by Gasteiger charge is 2.13. The van der Waals surface area contributed by atoms with Gasteiger partial charge >= 0.3 is 0 Å². The number of nitrogens with zero attached hydrogens (tertiary/aromatic N) is 1. The number of carbonyl (C=O) groups excluding carboxylic acids is 1. The van der Waals surface area contributed by atoms with Gasteiger partial charge < -0.3 is 9.73 Å². The fourth-order valence-corrected chi connectivity index (χ4v) is 1.32. The maximum Gasteiger partial charge on any atom is 0.261 e. The number of nitrogens with one attached hydrogen (secondary N) is 1. The zero-order valence-corrected chi connectivity index (χ0v) is 8.66. The van der Waals surface area contributed by atoms with Crippen LogP contribution in [0.2, 0.25) is 5.22 Å². The van der Waals surface area contributed by atoms with Crippen LogP contribution in [-0.4, -0.2) is 10.9 Å². The standard InChI is InChI=1S/C10H6ClFN2O2/c11-9-6(4-5-16-9)10(15)14-8-3-1-2-7(12)13-8/h1-5H,(H,13,14,15). The van der Waals surface area contributed by atoms with Crippen molar-refractivity contribution in [1.29, 1.82) is 0 Å². The maximum atomic E-state index is 12.7. The minimum atomic E-state index is -0.670. The van der Waals surface area contributed by atoms with E-state index in [-0.39, 0.29) is 16.6 Å². The van der Waals surface area contributed by atoms with Gasteiger partial charge in [0.05, 0.1) is 11.8 Å². The van der Waals surface area contributed by atoms with Crippen LogP contribution in [0.4, 0.5) is 10.2 Å². The van der Waals surface area contributed by atoms with Crippen molar-refractivity contribution in [1.82, 2.24) is 4.98 Å². The second-order valence-corrected chi connectivity index (χ2v) is 3.25. The zero-order chi connectivity index (χ0) is 11.5. The van der Waals surface area contributed by atoms with Crippen molar-refractivity contribution in [3.63, 3.8) is 0 Å². The van der Waals surface area contributed by atoms with Crippen LogP contribution >= 0.6 is 11.6 Å². The van der Waals surface area contributed by atoms with Crippen molar-refractivity contribution in [3.05, 3.63) is 47.3 Å². The first-order chi connectivity index (χ1) is 7.66. The van der Waals surface area contributed by atoms with Crippen molar-refractivity contribution < 1.29 is 13.6 Å². The second-order valence-electron chi connectivity index (χ2n) is 2.91. The van der Waals surface area contributed by atoms with E-state index in [9.17, 15) is 9.18 Å². The summed E-state index contributed by atoms with van der Waals surface area (Å²) in [5.74, 6) is -1.06. The summed E-state index contributed by atoms with van der Waals surface area (Å²) < 4.78 is 17.5. The van der Waals surface area contributed by atoms with Gasteiger partial charge in [-0.05, 0) is 29.8 Å². The molecule has 2 aromatic rings. The molecule has 6 heteroatoms. The molecule has 0 saturated carbocycles. The first-order valence-electron chi connectivity index (χ1n) is 4.34. The normalized spacial score (nSPS) is 10.1. The molecular formula is C10H6ClFN2O2. The highest BCUT2D eigenvalue weighted by molar-refractivity contribution is 6.32. The highest BCUT2D eigenvalue weighted by atomic mass is 35.5. The summed E-state index contributed by atoms with van der Waals surface area (Å²) in [6.45, 7) is 0. The Kier molecular flexibility index (Phi) is 2.87. The molecule has 0 bridgehead atoms. The Morgan fingerprint density at radius 3 is 2.88 bits per heavy atom. The predicted octanol–water partition coefficient (Wildman–Crippen LogP) is 2.72. The molecule has 0 aliphatic carbocycles. The summed E-state index contributed by atoms with van der Waals surface area (Å²) in [4.78, 5) is 15.1. The Bertz CT molecular complexity index is 527. The number of amides is 1. The molecule has 0 unspecified atom stereocenters. The van der Waals surface area contributed by atoms with E-state index in [1.165, 1.54) is 30.5 Å². The molecule has 0 spiro atoms. The molecule has 0 saturated heterocycles. The lowest BCUT2D eigenvalue weighted by molar-refractivity contribution is 0.102. The van der Waals surface area contributed by atoms with E-state index in [0.717, 1.165) is 0 Å². The highest BCUT2D eigenvalue weighted by Crippen LogP contribution is 2.17. The smallest absolute Gasteiger partial charge is 0.261 e. The molecule has 2 rings (SSSR count). The Morgan fingerprint density at radius 2 is 2.25 bits per heavy atom. The molecule has 0 aliphatic heterocycles. The lowest BCUT2D eigenvalue weighted by Gasteiger charge is -2.02.